The first-order chi connectivity index (χ1) is 10.9. The number of aromatic nitrogens is 2. The van der Waals surface area contributed by atoms with Gasteiger partial charge < -0.3 is 10.6 Å². The molecule has 0 aliphatic rings. The van der Waals surface area contributed by atoms with Gasteiger partial charge in [-0.05, 0) is 19.4 Å². The van der Waals surface area contributed by atoms with Crippen LogP contribution in [0.1, 0.15) is 27.3 Å². The molecule has 0 saturated carbocycles. The van der Waals surface area contributed by atoms with Crippen LogP contribution in [0.5, 0.6) is 0 Å². The molecule has 0 atom stereocenters. The van der Waals surface area contributed by atoms with Gasteiger partial charge in [0, 0.05) is 13.6 Å². The Morgan fingerprint density at radius 3 is 2.48 bits per heavy atom. The summed E-state index contributed by atoms with van der Waals surface area (Å²) in [5.74, 6) is -0.868. The number of benzene rings is 1. The summed E-state index contributed by atoms with van der Waals surface area (Å²) in [6.07, 6.45) is 0. The lowest BCUT2D eigenvalue weighted by Crippen LogP contribution is -2.27. The summed E-state index contributed by atoms with van der Waals surface area (Å²) >= 11 is 5.51. The van der Waals surface area contributed by atoms with Crippen LogP contribution in [0.2, 0.25) is 0 Å². The summed E-state index contributed by atoms with van der Waals surface area (Å²) in [5, 5.41) is 9.64. The lowest BCUT2D eigenvalue weighted by molar-refractivity contribution is -0.113. The number of hydrogen-bond donors (Lipinski definition) is 2. The third-order valence-electron chi connectivity index (χ3n) is 3.40. The second-order valence-electron chi connectivity index (χ2n) is 5.28. The summed E-state index contributed by atoms with van der Waals surface area (Å²) < 4.78 is 1.45. The number of nitrogens with one attached hydrogen (secondary N) is 2. The summed E-state index contributed by atoms with van der Waals surface area (Å²) in [7, 11) is 1.66. The zero-order valence-corrected chi connectivity index (χ0v) is 14.1. The SMILES string of the molecule is Cc1ccc(CNC(=O)c2c(NC(=O)CCl)c(C)nn2C)cc1. The highest BCUT2D eigenvalue weighted by molar-refractivity contribution is 6.29. The van der Waals surface area contributed by atoms with Crippen LogP contribution in [0.3, 0.4) is 0 Å². The van der Waals surface area contributed by atoms with Crippen molar-refractivity contribution in [2.45, 2.75) is 20.4 Å². The molecule has 0 radical (unpaired) electrons. The topological polar surface area (TPSA) is 76.0 Å². The standard InChI is InChI=1S/C16H19ClN4O2/c1-10-4-6-12(7-5-10)9-18-16(23)15-14(19-13(22)8-17)11(2)20-21(15)3/h4-7H,8-9H2,1-3H3,(H,18,23)(H,19,22). The van der Waals surface area contributed by atoms with E-state index in [4.69, 9.17) is 11.6 Å². The molecule has 0 saturated heterocycles. The molecule has 23 heavy (non-hydrogen) atoms. The molecule has 0 unspecified atom stereocenters. The van der Waals surface area contributed by atoms with E-state index in [1.54, 1.807) is 14.0 Å². The first-order valence-corrected chi connectivity index (χ1v) is 7.69. The number of aryl methyl sites for hydroxylation is 3. The molecule has 0 aliphatic carbocycles. The maximum atomic E-state index is 12.5. The fourth-order valence-electron chi connectivity index (χ4n) is 2.21. The number of rotatable bonds is 5. The number of hydrogen-bond acceptors (Lipinski definition) is 3. The van der Waals surface area contributed by atoms with E-state index < -0.39 is 0 Å². The van der Waals surface area contributed by atoms with Gasteiger partial charge in [-0.25, -0.2) is 0 Å². The van der Waals surface area contributed by atoms with Crippen LogP contribution in [0.25, 0.3) is 0 Å². The van der Waals surface area contributed by atoms with Gasteiger partial charge in [0.05, 0.1) is 11.4 Å². The van der Waals surface area contributed by atoms with Crippen molar-refractivity contribution in [2.75, 3.05) is 11.2 Å². The van der Waals surface area contributed by atoms with Crippen LogP contribution in [-0.2, 0) is 18.4 Å². The average molecular weight is 335 g/mol. The molecule has 2 N–H and O–H groups in total. The third kappa shape index (κ3) is 4.10. The van der Waals surface area contributed by atoms with E-state index in [0.29, 0.717) is 23.6 Å². The minimum Gasteiger partial charge on any atom is -0.347 e. The highest BCUT2D eigenvalue weighted by Crippen LogP contribution is 2.20. The molecule has 1 aromatic heterocycles. The number of alkyl halides is 1. The van der Waals surface area contributed by atoms with Crippen LogP contribution >= 0.6 is 11.6 Å². The van der Waals surface area contributed by atoms with Gasteiger partial charge in [-0.2, -0.15) is 5.10 Å². The van der Waals surface area contributed by atoms with E-state index in [1.165, 1.54) is 4.68 Å². The molecule has 2 rings (SSSR count). The molecule has 6 nitrogen and oxygen atoms in total. The maximum Gasteiger partial charge on any atom is 0.271 e. The molecule has 0 aliphatic heterocycles. The van der Waals surface area contributed by atoms with Crippen LogP contribution in [-0.4, -0.2) is 27.5 Å². The number of carbonyl (C=O) groups is 2. The van der Waals surface area contributed by atoms with Gasteiger partial charge in [0.25, 0.3) is 5.91 Å². The highest BCUT2D eigenvalue weighted by atomic mass is 35.5. The largest absolute Gasteiger partial charge is 0.347 e. The molecule has 2 aromatic rings. The summed E-state index contributed by atoms with van der Waals surface area (Å²) in [5.41, 5.74) is 3.40. The third-order valence-corrected chi connectivity index (χ3v) is 3.64. The summed E-state index contributed by atoms with van der Waals surface area (Å²) in [4.78, 5) is 24.0. The second-order valence-corrected chi connectivity index (χ2v) is 5.55. The van der Waals surface area contributed by atoms with Crippen LogP contribution in [0.15, 0.2) is 24.3 Å². The van der Waals surface area contributed by atoms with Crippen molar-refractivity contribution in [3.05, 3.63) is 46.8 Å². The Balaban J connectivity index is 2.15. The number of amides is 2. The van der Waals surface area contributed by atoms with E-state index in [2.05, 4.69) is 15.7 Å². The van der Waals surface area contributed by atoms with Crippen molar-refractivity contribution in [1.29, 1.82) is 0 Å². The van der Waals surface area contributed by atoms with Gasteiger partial charge >= 0.3 is 0 Å². The average Bonchev–Trinajstić information content (AvgIpc) is 2.80. The predicted molar refractivity (Wildman–Crippen MR) is 89.6 cm³/mol. The zero-order chi connectivity index (χ0) is 17.0. The Morgan fingerprint density at radius 2 is 1.87 bits per heavy atom. The molecule has 1 heterocycles. The lowest BCUT2D eigenvalue weighted by Gasteiger charge is -2.09. The van der Waals surface area contributed by atoms with E-state index >= 15 is 0 Å². The number of carbonyl (C=O) groups excluding carboxylic acids is 2. The molecule has 0 fully saturated rings. The van der Waals surface area contributed by atoms with Gasteiger partial charge in [0.2, 0.25) is 5.91 Å². The Morgan fingerprint density at radius 1 is 1.22 bits per heavy atom. The molecule has 1 aromatic carbocycles. The lowest BCUT2D eigenvalue weighted by atomic mass is 10.1. The minimum absolute atomic E-state index is 0.182. The first-order valence-electron chi connectivity index (χ1n) is 7.15. The molecule has 0 spiro atoms. The smallest absolute Gasteiger partial charge is 0.271 e. The first kappa shape index (κ1) is 17.0. The fraction of sp³-hybridized carbons (Fsp3) is 0.312. The van der Waals surface area contributed by atoms with Crippen molar-refractivity contribution in [3.8, 4) is 0 Å². The quantitative estimate of drug-likeness (QED) is 0.822. The van der Waals surface area contributed by atoms with Gasteiger partial charge in [0.1, 0.15) is 11.6 Å². The molecular formula is C16H19ClN4O2. The van der Waals surface area contributed by atoms with E-state index in [9.17, 15) is 9.59 Å². The Hall–Kier alpha value is -2.34. The van der Waals surface area contributed by atoms with Gasteiger partial charge in [-0.15, -0.1) is 11.6 Å². The molecular weight excluding hydrogens is 316 g/mol. The number of halogens is 1. The molecule has 0 bridgehead atoms. The van der Waals surface area contributed by atoms with Crippen molar-refractivity contribution in [3.63, 3.8) is 0 Å². The predicted octanol–water partition coefficient (Wildman–Crippen LogP) is 2.14. The van der Waals surface area contributed by atoms with Crippen LogP contribution in [0, 0.1) is 13.8 Å². The van der Waals surface area contributed by atoms with Gasteiger partial charge in [0.15, 0.2) is 0 Å². The normalized spacial score (nSPS) is 10.4. The molecule has 7 heteroatoms. The van der Waals surface area contributed by atoms with Crippen molar-refractivity contribution in [2.24, 2.45) is 7.05 Å². The van der Waals surface area contributed by atoms with Gasteiger partial charge in [-0.1, -0.05) is 29.8 Å². The highest BCUT2D eigenvalue weighted by Gasteiger charge is 2.21. The maximum absolute atomic E-state index is 12.5. The van der Waals surface area contributed by atoms with E-state index in [-0.39, 0.29) is 17.7 Å². The van der Waals surface area contributed by atoms with Crippen LogP contribution in [0.4, 0.5) is 5.69 Å². The van der Waals surface area contributed by atoms with Crippen molar-refractivity contribution < 1.29 is 9.59 Å². The summed E-state index contributed by atoms with van der Waals surface area (Å²) in [6.45, 7) is 4.12. The molecule has 122 valence electrons. The Kier molecular flexibility index (Phi) is 5.39. The number of anilines is 1. The van der Waals surface area contributed by atoms with Crippen LogP contribution < -0.4 is 10.6 Å². The monoisotopic (exact) mass is 334 g/mol. The second kappa shape index (κ2) is 7.28. The summed E-state index contributed by atoms with van der Waals surface area (Å²) in [6, 6.07) is 7.89. The number of nitrogens with zero attached hydrogens (tertiary/aromatic N) is 2. The fourth-order valence-corrected chi connectivity index (χ4v) is 2.28. The van der Waals surface area contributed by atoms with Gasteiger partial charge in [-0.3, -0.25) is 14.3 Å². The Labute approximate surface area is 139 Å². The van der Waals surface area contributed by atoms with Crippen molar-refractivity contribution in [1.82, 2.24) is 15.1 Å². The Bertz CT molecular complexity index is 722. The van der Waals surface area contributed by atoms with E-state index in [1.807, 2.05) is 31.2 Å². The zero-order valence-electron chi connectivity index (χ0n) is 13.3. The minimum atomic E-state index is -0.379. The van der Waals surface area contributed by atoms with E-state index in [0.717, 1.165) is 11.1 Å². The molecule has 2 amide bonds. The van der Waals surface area contributed by atoms with Crippen molar-refractivity contribution >= 4 is 29.1 Å².